The Morgan fingerprint density at radius 3 is 1.47 bits per heavy atom. The number of para-hydroxylation sites is 2. The van der Waals surface area contributed by atoms with E-state index in [-0.39, 0.29) is 35.4 Å². The highest BCUT2D eigenvalue weighted by Crippen LogP contribution is 2.43. The molecule has 2 nitrogen and oxygen atoms in total. The molecule has 0 N–H and O–H groups in total. The van der Waals surface area contributed by atoms with Gasteiger partial charge in [0.1, 0.15) is 0 Å². The van der Waals surface area contributed by atoms with Gasteiger partial charge in [-0.05, 0) is 111 Å². The van der Waals surface area contributed by atoms with E-state index in [1.807, 2.05) is 138 Å². The molecule has 10 aromatic carbocycles. The highest BCUT2D eigenvalue weighted by Gasteiger charge is 2.19. The highest BCUT2D eigenvalue weighted by molar-refractivity contribution is 6.10. The largest absolute Gasteiger partial charge is 0.310 e. The first kappa shape index (κ1) is 32.6. The van der Waals surface area contributed by atoms with E-state index in [2.05, 4.69) is 102 Å². The van der Waals surface area contributed by atoms with Crippen molar-refractivity contribution < 1.29 is 5.48 Å². The van der Waals surface area contributed by atoms with Gasteiger partial charge in [0.15, 0.2) is 0 Å². The predicted octanol–water partition coefficient (Wildman–Crippen LogP) is 16.6. The normalized spacial score (nSPS) is 12.1. The van der Waals surface area contributed by atoms with Crippen LogP contribution < -0.4 is 4.90 Å². The van der Waals surface area contributed by atoms with Gasteiger partial charge < -0.3 is 9.47 Å². The summed E-state index contributed by atoms with van der Waals surface area (Å²) in [5, 5.41) is 1.99. The van der Waals surface area contributed by atoms with E-state index in [0.717, 1.165) is 77.7 Å². The van der Waals surface area contributed by atoms with Crippen LogP contribution in [0.4, 0.5) is 17.1 Å². The van der Waals surface area contributed by atoms with Crippen LogP contribution in [0.25, 0.3) is 83.1 Å². The molecule has 62 heavy (non-hydrogen) atoms. The number of hydrogen-bond acceptors (Lipinski definition) is 1. The fourth-order valence-electron chi connectivity index (χ4n) is 8.63. The second kappa shape index (κ2) is 16.1. The molecule has 11 aromatic rings. The van der Waals surface area contributed by atoms with Crippen molar-refractivity contribution in [2.24, 2.45) is 0 Å². The number of rotatable bonds is 9. The van der Waals surface area contributed by atoms with Crippen LogP contribution in [-0.2, 0) is 0 Å². The minimum absolute atomic E-state index is 0.109. The predicted molar refractivity (Wildman–Crippen MR) is 263 cm³/mol. The van der Waals surface area contributed by atoms with Crippen molar-refractivity contribution in [2.75, 3.05) is 4.90 Å². The summed E-state index contributed by atoms with van der Waals surface area (Å²) in [4.78, 5) is 1.88. The lowest BCUT2D eigenvalue weighted by atomic mass is 9.99. The van der Waals surface area contributed by atoms with Gasteiger partial charge in [0.05, 0.1) is 22.2 Å². The van der Waals surface area contributed by atoms with E-state index in [9.17, 15) is 5.48 Å². The molecule has 0 amide bonds. The van der Waals surface area contributed by atoms with E-state index < -0.39 is 0 Å². The average Bonchev–Trinajstić information content (AvgIpc) is 3.72. The zero-order valence-electron chi connectivity index (χ0n) is 37.8. The van der Waals surface area contributed by atoms with E-state index in [0.29, 0.717) is 11.3 Å². The Balaban J connectivity index is 1.04. The van der Waals surface area contributed by atoms with Gasteiger partial charge in [-0.2, -0.15) is 0 Å². The molecule has 0 aliphatic rings. The lowest BCUT2D eigenvalue weighted by molar-refractivity contribution is 1.18. The van der Waals surface area contributed by atoms with Crippen molar-refractivity contribution in [3.8, 4) is 61.3 Å². The number of benzene rings is 10. The average molecular weight is 795 g/mol. The zero-order valence-corrected chi connectivity index (χ0v) is 33.8. The summed E-state index contributed by atoms with van der Waals surface area (Å²) in [5.41, 5.74) is 14.0. The second-order valence-corrected chi connectivity index (χ2v) is 15.4. The molecule has 2 heteroatoms. The van der Waals surface area contributed by atoms with Crippen LogP contribution >= 0.6 is 0 Å². The fourth-order valence-corrected chi connectivity index (χ4v) is 8.63. The topological polar surface area (TPSA) is 8.17 Å². The van der Waals surface area contributed by atoms with E-state index >= 15 is 0 Å². The van der Waals surface area contributed by atoms with Crippen LogP contribution in [0.5, 0.6) is 0 Å². The first-order valence-electron chi connectivity index (χ1n) is 22.9. The minimum Gasteiger partial charge on any atom is -0.310 e. The molecule has 0 aliphatic heterocycles. The summed E-state index contributed by atoms with van der Waals surface area (Å²) in [6.07, 6.45) is 0. The Kier molecular flexibility index (Phi) is 8.47. The third kappa shape index (κ3) is 6.94. The van der Waals surface area contributed by atoms with Crippen molar-refractivity contribution in [3.63, 3.8) is 0 Å². The molecule has 0 saturated heterocycles. The molecule has 0 atom stereocenters. The maximum Gasteiger partial charge on any atom is 0.0645 e. The van der Waals surface area contributed by atoms with Crippen molar-refractivity contribution in [2.45, 2.75) is 0 Å². The molecule has 0 saturated carbocycles. The Morgan fingerprint density at radius 2 is 0.790 bits per heavy atom. The van der Waals surface area contributed by atoms with Gasteiger partial charge in [-0.3, -0.25) is 0 Å². The van der Waals surface area contributed by atoms with Crippen LogP contribution in [0, 0.1) is 0 Å². The van der Waals surface area contributed by atoms with Crippen molar-refractivity contribution in [1.29, 1.82) is 0 Å². The Bertz CT molecular complexity index is 3520. The molecule has 11 rings (SSSR count). The van der Waals surface area contributed by atoms with Crippen molar-refractivity contribution >= 4 is 38.9 Å². The number of anilines is 3. The number of hydrogen-bond donors (Lipinski definition) is 0. The second-order valence-electron chi connectivity index (χ2n) is 15.4. The molecule has 0 fully saturated rings. The summed E-state index contributed by atoms with van der Waals surface area (Å²) in [6, 6.07) is 77.6. The standard InChI is InChI=1S/C60H42N2/c1-4-15-43(16-5-1)45-27-29-46(30-28-45)47-31-36-52(37-32-47)61(58-25-12-10-23-55(58)49-19-8-3-9-20-49)53-38-33-48(34-39-53)51-35-40-60-57(42-51)56-24-11-13-26-59(56)62(60)54-22-14-21-50(41-54)44-17-6-2-7-18-44/h1-42H/i33D,34D,38D,39D. The fraction of sp³-hybridized carbons (Fsp3) is 0. The molecule has 0 unspecified atom stereocenters. The third-order valence-corrected chi connectivity index (χ3v) is 11.7. The molecule has 0 spiro atoms. The molecular weight excluding hydrogens is 749 g/mol. The Labute approximate surface area is 368 Å². The van der Waals surface area contributed by atoms with Crippen molar-refractivity contribution in [3.05, 3.63) is 255 Å². The SMILES string of the molecule is [2H]c1c([2H])c(N(c2ccc(-c3ccc(-c4ccccc4)cc3)cc2)c2ccccc2-c2ccccc2)c([2H])c([2H])c1-c1ccc2c(c1)c1ccccc1n2-c1cccc(-c2ccccc2)c1. The Hall–Kier alpha value is -8.20. The molecule has 1 heterocycles. The van der Waals surface area contributed by atoms with Crippen LogP contribution in [-0.4, -0.2) is 4.57 Å². The zero-order chi connectivity index (χ0) is 44.7. The maximum atomic E-state index is 9.76. The molecule has 0 aliphatic carbocycles. The summed E-state index contributed by atoms with van der Waals surface area (Å²) < 4.78 is 41.1. The van der Waals surface area contributed by atoms with E-state index in [4.69, 9.17) is 0 Å². The summed E-state index contributed by atoms with van der Waals surface area (Å²) in [7, 11) is 0. The van der Waals surface area contributed by atoms with Crippen LogP contribution in [0.2, 0.25) is 0 Å². The van der Waals surface area contributed by atoms with Crippen LogP contribution in [0.1, 0.15) is 5.48 Å². The summed E-state index contributed by atoms with van der Waals surface area (Å²) in [5.74, 6) is 0. The quantitative estimate of drug-likeness (QED) is 0.141. The van der Waals surface area contributed by atoms with Crippen LogP contribution in [0.3, 0.4) is 0 Å². The van der Waals surface area contributed by atoms with E-state index in [1.54, 1.807) is 0 Å². The first-order valence-corrected chi connectivity index (χ1v) is 20.9. The number of nitrogens with zero attached hydrogens (tertiary/aromatic N) is 2. The molecular formula is C60H42N2. The monoisotopic (exact) mass is 794 g/mol. The minimum atomic E-state index is -0.130. The number of aromatic nitrogens is 1. The highest BCUT2D eigenvalue weighted by atomic mass is 15.1. The summed E-state index contributed by atoms with van der Waals surface area (Å²) >= 11 is 0. The Morgan fingerprint density at radius 1 is 0.306 bits per heavy atom. The van der Waals surface area contributed by atoms with Gasteiger partial charge in [0.25, 0.3) is 0 Å². The maximum absolute atomic E-state index is 9.76. The first-order chi connectivity index (χ1) is 32.4. The van der Waals surface area contributed by atoms with Gasteiger partial charge in [-0.15, -0.1) is 0 Å². The van der Waals surface area contributed by atoms with Crippen molar-refractivity contribution in [1.82, 2.24) is 4.57 Å². The molecule has 0 bridgehead atoms. The molecule has 0 radical (unpaired) electrons. The van der Waals surface area contributed by atoms with Crippen LogP contribution in [0.15, 0.2) is 255 Å². The molecule has 292 valence electrons. The number of fused-ring (bicyclic) bond motifs is 3. The van der Waals surface area contributed by atoms with Gasteiger partial charge in [-0.1, -0.05) is 194 Å². The van der Waals surface area contributed by atoms with Gasteiger partial charge in [-0.25, -0.2) is 0 Å². The van der Waals surface area contributed by atoms with E-state index in [1.165, 1.54) is 0 Å². The van der Waals surface area contributed by atoms with Gasteiger partial charge >= 0.3 is 0 Å². The lowest BCUT2D eigenvalue weighted by Crippen LogP contribution is -2.11. The molecule has 1 aromatic heterocycles. The lowest BCUT2D eigenvalue weighted by Gasteiger charge is -2.28. The summed E-state index contributed by atoms with van der Waals surface area (Å²) in [6.45, 7) is 0. The smallest absolute Gasteiger partial charge is 0.0645 e. The van der Waals surface area contributed by atoms with Gasteiger partial charge in [0, 0.05) is 33.4 Å². The third-order valence-electron chi connectivity index (χ3n) is 11.7. The van der Waals surface area contributed by atoms with Gasteiger partial charge in [0.2, 0.25) is 0 Å².